The molecule has 0 bridgehead atoms. The summed E-state index contributed by atoms with van der Waals surface area (Å²) in [5, 5.41) is 12.8. The zero-order chi connectivity index (χ0) is 25.5. The third-order valence-corrected chi connectivity index (χ3v) is 5.87. The van der Waals surface area contributed by atoms with Gasteiger partial charge in [-0.3, -0.25) is 4.79 Å². The largest absolute Gasteiger partial charge is 0.490 e. The fourth-order valence-electron chi connectivity index (χ4n) is 3.58. The van der Waals surface area contributed by atoms with Crippen molar-refractivity contribution in [2.45, 2.75) is 41.2 Å². The zero-order valence-electron chi connectivity index (χ0n) is 20.7. The van der Waals surface area contributed by atoms with Gasteiger partial charge in [0.2, 0.25) is 0 Å². The van der Waals surface area contributed by atoms with Crippen LogP contribution in [-0.2, 0) is 11.4 Å². The van der Waals surface area contributed by atoms with Gasteiger partial charge in [0.25, 0.3) is 5.91 Å². The van der Waals surface area contributed by atoms with Gasteiger partial charge in [0.15, 0.2) is 11.5 Å². The third-order valence-electron chi connectivity index (χ3n) is 5.59. The van der Waals surface area contributed by atoms with Crippen molar-refractivity contribution in [3.05, 3.63) is 92.5 Å². The molecule has 0 fully saturated rings. The van der Waals surface area contributed by atoms with Crippen LogP contribution in [0, 0.1) is 39.0 Å². The lowest BCUT2D eigenvalue weighted by Crippen LogP contribution is -2.14. The normalized spacial score (nSPS) is 11.1. The molecule has 0 spiro atoms. The summed E-state index contributed by atoms with van der Waals surface area (Å²) in [5.41, 5.74) is 6.60. The molecule has 3 aromatic carbocycles. The summed E-state index contributed by atoms with van der Waals surface area (Å²) in [4.78, 5) is 12.8. The van der Waals surface area contributed by atoms with E-state index >= 15 is 0 Å². The summed E-state index contributed by atoms with van der Waals surface area (Å²) in [6.45, 7) is 10.6. The molecule has 5 nitrogen and oxygen atoms in total. The van der Waals surface area contributed by atoms with Crippen LogP contribution in [0.15, 0.2) is 54.1 Å². The number of anilines is 1. The van der Waals surface area contributed by atoms with Crippen LogP contribution >= 0.6 is 11.6 Å². The molecule has 0 heterocycles. The topological polar surface area (TPSA) is 71.3 Å². The lowest BCUT2D eigenvalue weighted by molar-refractivity contribution is -0.112. The molecule has 0 unspecified atom stereocenters. The maximum absolute atomic E-state index is 12.8. The van der Waals surface area contributed by atoms with Crippen molar-refractivity contribution in [3.8, 4) is 17.6 Å². The smallest absolute Gasteiger partial charge is 0.266 e. The van der Waals surface area contributed by atoms with E-state index in [1.54, 1.807) is 12.1 Å². The van der Waals surface area contributed by atoms with Gasteiger partial charge < -0.3 is 14.8 Å². The van der Waals surface area contributed by atoms with Crippen molar-refractivity contribution in [1.82, 2.24) is 0 Å². The number of hydrogen-bond donors (Lipinski definition) is 1. The van der Waals surface area contributed by atoms with Gasteiger partial charge in [-0.15, -0.1) is 0 Å². The number of nitrogens with zero attached hydrogens (tertiary/aromatic N) is 1. The van der Waals surface area contributed by atoms with E-state index in [-0.39, 0.29) is 5.57 Å². The van der Waals surface area contributed by atoms with Gasteiger partial charge in [0, 0.05) is 5.69 Å². The molecule has 0 aliphatic rings. The van der Waals surface area contributed by atoms with Crippen molar-refractivity contribution < 1.29 is 14.3 Å². The maximum Gasteiger partial charge on any atom is 0.266 e. The van der Waals surface area contributed by atoms with Crippen LogP contribution in [0.3, 0.4) is 0 Å². The number of carbonyl (C=O) groups is 1. The predicted molar refractivity (Wildman–Crippen MR) is 141 cm³/mol. The first-order chi connectivity index (χ1) is 16.7. The Bertz CT molecular complexity index is 1320. The second kappa shape index (κ2) is 11.6. The van der Waals surface area contributed by atoms with Gasteiger partial charge in [0.1, 0.15) is 18.2 Å². The molecule has 1 amide bonds. The minimum Gasteiger partial charge on any atom is -0.490 e. The minimum atomic E-state index is -0.497. The van der Waals surface area contributed by atoms with Gasteiger partial charge in [0.05, 0.1) is 11.6 Å². The van der Waals surface area contributed by atoms with Gasteiger partial charge >= 0.3 is 0 Å². The van der Waals surface area contributed by atoms with Crippen molar-refractivity contribution in [1.29, 1.82) is 5.26 Å². The van der Waals surface area contributed by atoms with E-state index in [0.717, 1.165) is 16.7 Å². The fourth-order valence-corrected chi connectivity index (χ4v) is 3.86. The summed E-state index contributed by atoms with van der Waals surface area (Å²) < 4.78 is 11.8. The zero-order valence-corrected chi connectivity index (χ0v) is 21.4. The highest BCUT2D eigenvalue weighted by molar-refractivity contribution is 6.32. The SMILES string of the molecule is CCOc1cc(/C=C(\C#N)C(=O)Nc2ccc(C)cc2C)cc(Cl)c1OCc1ccc(C)c(C)c1. The maximum atomic E-state index is 12.8. The van der Waals surface area contributed by atoms with Gasteiger partial charge in [-0.2, -0.15) is 5.26 Å². The second-order valence-electron chi connectivity index (χ2n) is 8.41. The molecule has 0 atom stereocenters. The lowest BCUT2D eigenvalue weighted by atomic mass is 10.1. The highest BCUT2D eigenvalue weighted by atomic mass is 35.5. The molecule has 3 rings (SSSR count). The molecule has 0 radical (unpaired) electrons. The molecule has 180 valence electrons. The summed E-state index contributed by atoms with van der Waals surface area (Å²) in [6.07, 6.45) is 1.49. The quantitative estimate of drug-likeness (QED) is 0.271. The van der Waals surface area contributed by atoms with Crippen molar-refractivity contribution in [3.63, 3.8) is 0 Å². The number of nitrogens with one attached hydrogen (secondary N) is 1. The number of benzene rings is 3. The predicted octanol–water partition coefficient (Wildman–Crippen LogP) is 7.10. The average molecular weight is 489 g/mol. The number of halogens is 1. The Morgan fingerprint density at radius 1 is 1.00 bits per heavy atom. The Morgan fingerprint density at radius 3 is 2.43 bits per heavy atom. The van der Waals surface area contributed by atoms with Crippen molar-refractivity contribution in [2.24, 2.45) is 0 Å². The summed E-state index contributed by atoms with van der Waals surface area (Å²) in [6, 6.07) is 17.2. The van der Waals surface area contributed by atoms with Crippen molar-refractivity contribution >= 4 is 29.3 Å². The van der Waals surface area contributed by atoms with Crippen LogP contribution in [0.2, 0.25) is 5.02 Å². The molecule has 3 aromatic rings. The van der Waals surface area contributed by atoms with E-state index in [1.807, 2.05) is 51.1 Å². The first-order valence-corrected chi connectivity index (χ1v) is 11.7. The number of ether oxygens (including phenoxy) is 2. The third kappa shape index (κ3) is 6.65. The number of nitriles is 1. The summed E-state index contributed by atoms with van der Waals surface area (Å²) >= 11 is 6.55. The van der Waals surface area contributed by atoms with Gasteiger partial charge in [-0.05, 0) is 86.7 Å². The Morgan fingerprint density at radius 2 is 1.77 bits per heavy atom. The van der Waals surface area contributed by atoms with Gasteiger partial charge in [-0.1, -0.05) is 47.5 Å². The summed E-state index contributed by atoms with van der Waals surface area (Å²) in [7, 11) is 0. The van der Waals surface area contributed by atoms with E-state index in [4.69, 9.17) is 21.1 Å². The van der Waals surface area contributed by atoms with Crippen LogP contribution in [0.5, 0.6) is 11.5 Å². The van der Waals surface area contributed by atoms with E-state index in [2.05, 4.69) is 31.3 Å². The number of amides is 1. The number of hydrogen-bond acceptors (Lipinski definition) is 4. The van der Waals surface area contributed by atoms with Crippen LogP contribution in [0.1, 0.15) is 40.3 Å². The first kappa shape index (κ1) is 25.9. The molecular weight excluding hydrogens is 460 g/mol. The number of rotatable bonds is 8. The van der Waals surface area contributed by atoms with Crippen LogP contribution in [0.4, 0.5) is 5.69 Å². The molecular formula is C29H29ClN2O3. The second-order valence-corrected chi connectivity index (χ2v) is 8.82. The Hall–Kier alpha value is -3.75. The highest BCUT2D eigenvalue weighted by Gasteiger charge is 2.15. The molecule has 0 aliphatic carbocycles. The van der Waals surface area contributed by atoms with Crippen LogP contribution < -0.4 is 14.8 Å². The standard InChI is InChI=1S/C29H29ClN2O3/c1-6-34-27-15-23(13-24(16-31)29(33)32-26-10-7-18(2)11-21(26)5)14-25(30)28(27)35-17-22-9-8-19(3)20(4)12-22/h7-15H,6,17H2,1-5H3,(H,32,33)/b24-13+. The highest BCUT2D eigenvalue weighted by Crippen LogP contribution is 2.38. The number of carbonyl (C=O) groups excluding carboxylic acids is 1. The molecule has 6 heteroatoms. The molecule has 1 N–H and O–H groups in total. The first-order valence-electron chi connectivity index (χ1n) is 11.4. The Kier molecular flexibility index (Phi) is 8.57. The molecule has 0 saturated carbocycles. The molecule has 0 aliphatic heterocycles. The van der Waals surface area contributed by atoms with E-state index in [0.29, 0.717) is 41.0 Å². The molecule has 35 heavy (non-hydrogen) atoms. The van der Waals surface area contributed by atoms with Gasteiger partial charge in [-0.25, -0.2) is 0 Å². The van der Waals surface area contributed by atoms with Crippen LogP contribution in [0.25, 0.3) is 6.08 Å². The van der Waals surface area contributed by atoms with Crippen molar-refractivity contribution in [2.75, 3.05) is 11.9 Å². The van der Waals surface area contributed by atoms with E-state index in [1.165, 1.54) is 17.2 Å². The average Bonchev–Trinajstić information content (AvgIpc) is 2.81. The lowest BCUT2D eigenvalue weighted by Gasteiger charge is -2.15. The molecule has 0 aromatic heterocycles. The Labute approximate surface area is 212 Å². The Balaban J connectivity index is 1.85. The van der Waals surface area contributed by atoms with Crippen LogP contribution in [-0.4, -0.2) is 12.5 Å². The fraction of sp³-hybridized carbons (Fsp3) is 0.241. The van der Waals surface area contributed by atoms with E-state index in [9.17, 15) is 10.1 Å². The monoisotopic (exact) mass is 488 g/mol. The minimum absolute atomic E-state index is 0.0488. The summed E-state index contributed by atoms with van der Waals surface area (Å²) in [5.74, 6) is 0.368. The number of aryl methyl sites for hydroxylation is 4. The van der Waals surface area contributed by atoms with E-state index < -0.39 is 5.91 Å². The molecule has 0 saturated heterocycles.